The fourth-order valence-electron chi connectivity index (χ4n) is 2.75. The predicted molar refractivity (Wildman–Crippen MR) is 98.8 cm³/mol. The van der Waals surface area contributed by atoms with E-state index in [0.717, 1.165) is 18.0 Å². The van der Waals surface area contributed by atoms with Crippen molar-refractivity contribution in [2.24, 2.45) is 5.73 Å². The lowest BCUT2D eigenvalue weighted by Gasteiger charge is -2.17. The number of hydrogen-bond donors (Lipinski definition) is 2. The second-order valence-corrected chi connectivity index (χ2v) is 6.26. The Hall–Kier alpha value is -1.87. The molecule has 0 aliphatic rings. The Bertz CT molecular complexity index is 768. The van der Waals surface area contributed by atoms with Crippen LogP contribution < -0.4 is 11.1 Å². The number of benzene rings is 3. The molecule has 2 nitrogen and oxygen atoms in total. The molecule has 3 heteroatoms. The molecule has 0 aliphatic heterocycles. The Balaban J connectivity index is 1.63. The molecule has 3 aromatic rings. The molecular formula is C20H21ClN2. The molecule has 0 radical (unpaired) electrons. The van der Waals surface area contributed by atoms with Gasteiger partial charge in [0.1, 0.15) is 0 Å². The topological polar surface area (TPSA) is 38.0 Å². The van der Waals surface area contributed by atoms with Crippen molar-refractivity contribution < 1.29 is 0 Å². The molecule has 3 N–H and O–H groups in total. The molecule has 0 spiro atoms. The summed E-state index contributed by atoms with van der Waals surface area (Å²) in [7, 11) is 0. The molecule has 0 fully saturated rings. The van der Waals surface area contributed by atoms with Gasteiger partial charge in [0.05, 0.1) is 0 Å². The van der Waals surface area contributed by atoms with Gasteiger partial charge in [0.2, 0.25) is 0 Å². The number of fused-ring (bicyclic) bond motifs is 1. The van der Waals surface area contributed by atoms with Gasteiger partial charge < -0.3 is 11.1 Å². The van der Waals surface area contributed by atoms with Gasteiger partial charge in [0.15, 0.2) is 0 Å². The third-order valence-corrected chi connectivity index (χ3v) is 4.34. The fourth-order valence-corrected chi connectivity index (χ4v) is 2.88. The summed E-state index contributed by atoms with van der Waals surface area (Å²) >= 11 is 5.93. The molecule has 0 saturated heterocycles. The van der Waals surface area contributed by atoms with Gasteiger partial charge in [-0.1, -0.05) is 60.1 Å². The SMILES string of the molecule is NCC(Cc1ccc(Cl)cc1)NCc1ccc2ccccc2c1. The molecule has 0 bridgehead atoms. The highest BCUT2D eigenvalue weighted by atomic mass is 35.5. The van der Waals surface area contributed by atoms with E-state index in [2.05, 4.69) is 59.9 Å². The van der Waals surface area contributed by atoms with Gasteiger partial charge in [0, 0.05) is 24.2 Å². The van der Waals surface area contributed by atoms with Crippen LogP contribution in [-0.2, 0) is 13.0 Å². The second-order valence-electron chi connectivity index (χ2n) is 5.83. The molecule has 0 aliphatic carbocycles. The van der Waals surface area contributed by atoms with Crippen molar-refractivity contribution in [1.29, 1.82) is 0 Å². The Labute approximate surface area is 142 Å². The lowest BCUT2D eigenvalue weighted by molar-refractivity contribution is 0.516. The molecule has 0 heterocycles. The van der Waals surface area contributed by atoms with Crippen LogP contribution in [0.25, 0.3) is 10.8 Å². The van der Waals surface area contributed by atoms with Crippen molar-refractivity contribution in [2.75, 3.05) is 6.54 Å². The average Bonchev–Trinajstić information content (AvgIpc) is 2.60. The summed E-state index contributed by atoms with van der Waals surface area (Å²) in [5, 5.41) is 6.86. The quantitative estimate of drug-likeness (QED) is 0.714. The van der Waals surface area contributed by atoms with Crippen molar-refractivity contribution in [3.8, 4) is 0 Å². The third kappa shape index (κ3) is 4.32. The van der Waals surface area contributed by atoms with Crippen LogP contribution in [0.3, 0.4) is 0 Å². The van der Waals surface area contributed by atoms with E-state index in [1.54, 1.807) is 0 Å². The minimum atomic E-state index is 0.252. The van der Waals surface area contributed by atoms with Crippen molar-refractivity contribution in [3.63, 3.8) is 0 Å². The van der Waals surface area contributed by atoms with Crippen LogP contribution in [0.15, 0.2) is 66.7 Å². The fraction of sp³-hybridized carbons (Fsp3) is 0.200. The van der Waals surface area contributed by atoms with Crippen molar-refractivity contribution >= 4 is 22.4 Å². The van der Waals surface area contributed by atoms with Crippen molar-refractivity contribution in [3.05, 3.63) is 82.9 Å². The van der Waals surface area contributed by atoms with E-state index in [1.165, 1.54) is 21.9 Å². The normalized spacial score (nSPS) is 12.4. The third-order valence-electron chi connectivity index (χ3n) is 4.09. The van der Waals surface area contributed by atoms with E-state index in [-0.39, 0.29) is 6.04 Å². The zero-order valence-electron chi connectivity index (χ0n) is 13.0. The lowest BCUT2D eigenvalue weighted by Crippen LogP contribution is -2.37. The van der Waals surface area contributed by atoms with Gasteiger partial charge in [-0.2, -0.15) is 0 Å². The van der Waals surface area contributed by atoms with Crippen molar-refractivity contribution in [2.45, 2.75) is 19.0 Å². The van der Waals surface area contributed by atoms with Crippen LogP contribution in [0.2, 0.25) is 5.02 Å². The summed E-state index contributed by atoms with van der Waals surface area (Å²) in [5.74, 6) is 0. The molecule has 3 aromatic carbocycles. The number of nitrogens with one attached hydrogen (secondary N) is 1. The highest BCUT2D eigenvalue weighted by Crippen LogP contribution is 2.16. The summed E-state index contributed by atoms with van der Waals surface area (Å²) in [6.45, 7) is 1.43. The standard InChI is InChI=1S/C20H21ClN2/c21-19-9-6-15(7-10-19)12-20(13-22)23-14-16-5-8-17-3-1-2-4-18(17)11-16/h1-11,20,23H,12-14,22H2. The van der Waals surface area contributed by atoms with Crippen molar-refractivity contribution in [1.82, 2.24) is 5.32 Å². The highest BCUT2D eigenvalue weighted by molar-refractivity contribution is 6.30. The Morgan fingerprint density at radius 1 is 0.870 bits per heavy atom. The first-order valence-electron chi connectivity index (χ1n) is 7.90. The highest BCUT2D eigenvalue weighted by Gasteiger charge is 2.07. The monoisotopic (exact) mass is 324 g/mol. The Kier molecular flexibility index (Phi) is 5.29. The second kappa shape index (κ2) is 7.60. The largest absolute Gasteiger partial charge is 0.329 e. The molecule has 0 amide bonds. The number of halogens is 1. The zero-order chi connectivity index (χ0) is 16.1. The first kappa shape index (κ1) is 16.0. The Morgan fingerprint density at radius 2 is 1.57 bits per heavy atom. The summed E-state index contributed by atoms with van der Waals surface area (Å²) in [5.41, 5.74) is 8.44. The van der Waals surface area contributed by atoms with Gasteiger partial charge in [-0.25, -0.2) is 0 Å². The van der Waals surface area contributed by atoms with Gasteiger partial charge in [0.25, 0.3) is 0 Å². The Morgan fingerprint density at radius 3 is 2.30 bits per heavy atom. The lowest BCUT2D eigenvalue weighted by atomic mass is 10.0. The smallest absolute Gasteiger partial charge is 0.0406 e. The minimum absolute atomic E-state index is 0.252. The molecule has 1 atom stereocenters. The van der Waals surface area contributed by atoms with E-state index in [0.29, 0.717) is 6.54 Å². The summed E-state index contributed by atoms with van der Waals surface area (Å²) in [6.07, 6.45) is 0.904. The van der Waals surface area contributed by atoms with Crippen LogP contribution >= 0.6 is 11.6 Å². The van der Waals surface area contributed by atoms with Crippen LogP contribution in [0.5, 0.6) is 0 Å². The molecule has 0 aromatic heterocycles. The first-order valence-corrected chi connectivity index (χ1v) is 8.28. The van der Waals surface area contributed by atoms with Crippen LogP contribution in [0, 0.1) is 0 Å². The number of rotatable bonds is 6. The average molecular weight is 325 g/mol. The van der Waals surface area contributed by atoms with Crippen LogP contribution in [0.4, 0.5) is 0 Å². The summed E-state index contributed by atoms with van der Waals surface area (Å²) < 4.78 is 0. The van der Waals surface area contributed by atoms with Gasteiger partial charge in [-0.3, -0.25) is 0 Å². The zero-order valence-corrected chi connectivity index (χ0v) is 13.8. The van der Waals surface area contributed by atoms with Crippen LogP contribution in [-0.4, -0.2) is 12.6 Å². The minimum Gasteiger partial charge on any atom is -0.329 e. The van der Waals surface area contributed by atoms with E-state index in [1.807, 2.05) is 12.1 Å². The number of hydrogen-bond acceptors (Lipinski definition) is 2. The molecule has 118 valence electrons. The van der Waals surface area contributed by atoms with Gasteiger partial charge in [-0.05, 0) is 46.5 Å². The molecule has 0 saturated carbocycles. The van der Waals surface area contributed by atoms with E-state index in [4.69, 9.17) is 17.3 Å². The van der Waals surface area contributed by atoms with Gasteiger partial charge in [-0.15, -0.1) is 0 Å². The predicted octanol–water partition coefficient (Wildman–Crippen LogP) is 4.15. The maximum Gasteiger partial charge on any atom is 0.0406 e. The molecule has 23 heavy (non-hydrogen) atoms. The van der Waals surface area contributed by atoms with E-state index < -0.39 is 0 Å². The molecule has 3 rings (SSSR count). The van der Waals surface area contributed by atoms with Gasteiger partial charge >= 0.3 is 0 Å². The molecular weight excluding hydrogens is 304 g/mol. The maximum atomic E-state index is 5.93. The van der Waals surface area contributed by atoms with E-state index in [9.17, 15) is 0 Å². The summed E-state index contributed by atoms with van der Waals surface area (Å²) in [6, 6.07) is 23.2. The van der Waals surface area contributed by atoms with Crippen LogP contribution in [0.1, 0.15) is 11.1 Å². The maximum absolute atomic E-state index is 5.93. The first-order chi connectivity index (χ1) is 11.2. The van der Waals surface area contributed by atoms with E-state index >= 15 is 0 Å². The molecule has 1 unspecified atom stereocenters. The number of nitrogens with two attached hydrogens (primary N) is 1. The summed E-state index contributed by atoms with van der Waals surface area (Å²) in [4.78, 5) is 0.